The molecule has 2 amide bonds. The normalized spacial score (nSPS) is 10.8. The van der Waals surface area contributed by atoms with Gasteiger partial charge in [-0.25, -0.2) is 0 Å². The molecule has 0 radical (unpaired) electrons. The van der Waals surface area contributed by atoms with Gasteiger partial charge in [0.25, 0.3) is 5.91 Å². The van der Waals surface area contributed by atoms with Crippen molar-refractivity contribution in [1.29, 1.82) is 0 Å². The van der Waals surface area contributed by atoms with Crippen molar-refractivity contribution in [1.82, 2.24) is 10.2 Å². The first-order valence-electron chi connectivity index (χ1n) is 10.2. The third-order valence-electron chi connectivity index (χ3n) is 4.89. The first kappa shape index (κ1) is 22.2. The van der Waals surface area contributed by atoms with E-state index in [1.165, 1.54) is 6.08 Å². The van der Waals surface area contributed by atoms with Crippen LogP contribution in [0.3, 0.4) is 0 Å². The number of benzene rings is 3. The Morgan fingerprint density at radius 3 is 2.45 bits per heavy atom. The smallest absolute Gasteiger partial charge is 0.253 e. The zero-order valence-corrected chi connectivity index (χ0v) is 18.4. The molecule has 0 fully saturated rings. The van der Waals surface area contributed by atoms with Crippen LogP contribution in [0.1, 0.15) is 29.8 Å². The van der Waals surface area contributed by atoms with E-state index in [9.17, 15) is 9.59 Å². The molecule has 3 aromatic carbocycles. The minimum Gasteiger partial charge on any atom is -0.339 e. The fourth-order valence-electron chi connectivity index (χ4n) is 3.30. The Kier molecular flexibility index (Phi) is 7.51. The summed E-state index contributed by atoms with van der Waals surface area (Å²) in [4.78, 5) is 26.6. The molecular formula is C25H25N3O2S. The molecule has 0 aliphatic heterocycles. The van der Waals surface area contributed by atoms with Gasteiger partial charge >= 0.3 is 0 Å². The summed E-state index contributed by atoms with van der Waals surface area (Å²) in [6, 6.07) is 21.0. The van der Waals surface area contributed by atoms with E-state index in [2.05, 4.69) is 10.6 Å². The number of nitrogens with zero attached hydrogens (tertiary/aromatic N) is 1. The zero-order chi connectivity index (χ0) is 22.2. The summed E-state index contributed by atoms with van der Waals surface area (Å²) in [5, 5.41) is 7.96. The minimum absolute atomic E-state index is 0.0402. The van der Waals surface area contributed by atoms with Crippen molar-refractivity contribution in [3.8, 4) is 0 Å². The summed E-state index contributed by atoms with van der Waals surface area (Å²) in [7, 11) is 0. The van der Waals surface area contributed by atoms with Gasteiger partial charge in [-0.05, 0) is 66.7 Å². The average Bonchev–Trinajstić information content (AvgIpc) is 2.78. The number of rotatable bonds is 6. The van der Waals surface area contributed by atoms with Crippen molar-refractivity contribution in [3.63, 3.8) is 0 Å². The predicted octanol–water partition coefficient (Wildman–Crippen LogP) is 4.85. The number of anilines is 1. The van der Waals surface area contributed by atoms with Crippen LogP contribution in [0.15, 0.2) is 72.8 Å². The van der Waals surface area contributed by atoms with E-state index in [4.69, 9.17) is 12.2 Å². The van der Waals surface area contributed by atoms with Gasteiger partial charge in [-0.1, -0.05) is 48.5 Å². The van der Waals surface area contributed by atoms with Crippen LogP contribution in [0, 0.1) is 0 Å². The fourth-order valence-corrected chi connectivity index (χ4v) is 3.52. The van der Waals surface area contributed by atoms with Crippen LogP contribution in [0.25, 0.3) is 16.8 Å². The molecule has 0 heterocycles. The summed E-state index contributed by atoms with van der Waals surface area (Å²) in [6.07, 6.45) is 3.22. The molecule has 0 aromatic heterocycles. The third-order valence-corrected chi connectivity index (χ3v) is 5.10. The Labute approximate surface area is 187 Å². The third kappa shape index (κ3) is 5.77. The predicted molar refractivity (Wildman–Crippen MR) is 131 cm³/mol. The number of amides is 2. The monoisotopic (exact) mass is 431 g/mol. The molecule has 6 heteroatoms. The summed E-state index contributed by atoms with van der Waals surface area (Å²) in [6.45, 7) is 5.18. The van der Waals surface area contributed by atoms with Crippen molar-refractivity contribution in [3.05, 3.63) is 83.9 Å². The lowest BCUT2D eigenvalue weighted by molar-refractivity contribution is -0.115. The molecule has 0 unspecified atom stereocenters. The Morgan fingerprint density at radius 1 is 0.968 bits per heavy atom. The molecule has 0 atom stereocenters. The van der Waals surface area contributed by atoms with E-state index < -0.39 is 0 Å². The van der Waals surface area contributed by atoms with E-state index in [-0.39, 0.29) is 16.9 Å². The maximum absolute atomic E-state index is 12.5. The van der Waals surface area contributed by atoms with Gasteiger partial charge in [0.2, 0.25) is 5.91 Å². The quantitative estimate of drug-likeness (QED) is 0.433. The molecule has 0 aliphatic carbocycles. The Balaban J connectivity index is 1.63. The van der Waals surface area contributed by atoms with E-state index in [1.807, 2.05) is 56.3 Å². The van der Waals surface area contributed by atoms with Gasteiger partial charge in [-0.15, -0.1) is 0 Å². The first-order chi connectivity index (χ1) is 15.0. The van der Waals surface area contributed by atoms with Crippen molar-refractivity contribution < 1.29 is 9.59 Å². The SMILES string of the molecule is CCN(CC)C(=O)c1cccc(NC(=S)NC(=O)/C=C/c2cccc3ccccc23)c1. The van der Waals surface area contributed by atoms with Crippen molar-refractivity contribution in [2.45, 2.75) is 13.8 Å². The van der Waals surface area contributed by atoms with Crippen LogP contribution in [-0.2, 0) is 4.79 Å². The lowest BCUT2D eigenvalue weighted by Crippen LogP contribution is -2.33. The maximum Gasteiger partial charge on any atom is 0.253 e. The number of carbonyl (C=O) groups excluding carboxylic acids is 2. The van der Waals surface area contributed by atoms with Gasteiger partial charge < -0.3 is 10.2 Å². The van der Waals surface area contributed by atoms with E-state index in [1.54, 1.807) is 35.2 Å². The molecule has 0 saturated heterocycles. The highest BCUT2D eigenvalue weighted by Gasteiger charge is 2.13. The molecule has 158 valence electrons. The van der Waals surface area contributed by atoms with Crippen molar-refractivity contribution in [2.24, 2.45) is 0 Å². The second kappa shape index (κ2) is 10.5. The second-order valence-corrected chi connectivity index (χ2v) is 7.31. The maximum atomic E-state index is 12.5. The second-order valence-electron chi connectivity index (χ2n) is 6.90. The zero-order valence-electron chi connectivity index (χ0n) is 17.6. The summed E-state index contributed by atoms with van der Waals surface area (Å²) in [5.74, 6) is -0.373. The summed E-state index contributed by atoms with van der Waals surface area (Å²) in [5.41, 5.74) is 2.16. The van der Waals surface area contributed by atoms with Gasteiger partial charge in [-0.3, -0.25) is 14.9 Å². The molecule has 0 saturated carbocycles. The molecule has 3 aromatic rings. The van der Waals surface area contributed by atoms with E-state index in [0.29, 0.717) is 24.3 Å². The Morgan fingerprint density at radius 2 is 1.68 bits per heavy atom. The highest BCUT2D eigenvalue weighted by Crippen LogP contribution is 2.19. The van der Waals surface area contributed by atoms with Gasteiger partial charge in [-0.2, -0.15) is 0 Å². The highest BCUT2D eigenvalue weighted by molar-refractivity contribution is 7.80. The number of thiocarbonyl (C=S) groups is 1. The molecule has 2 N–H and O–H groups in total. The molecular weight excluding hydrogens is 406 g/mol. The van der Waals surface area contributed by atoms with Crippen LogP contribution in [0.4, 0.5) is 5.69 Å². The molecule has 0 aliphatic rings. The standard InChI is InChI=1S/C25H25N3O2S/c1-3-28(4-2)24(30)20-12-8-13-21(17-20)26-25(31)27-23(29)16-15-19-11-7-10-18-9-5-6-14-22(18)19/h5-17H,3-4H2,1-2H3,(H2,26,27,29,31)/b16-15+. The first-order valence-corrected chi connectivity index (χ1v) is 10.6. The number of fused-ring (bicyclic) bond motifs is 1. The number of hydrogen-bond donors (Lipinski definition) is 2. The summed E-state index contributed by atoms with van der Waals surface area (Å²) < 4.78 is 0. The molecule has 5 nitrogen and oxygen atoms in total. The number of nitrogens with one attached hydrogen (secondary N) is 2. The molecule has 0 spiro atoms. The van der Waals surface area contributed by atoms with Gasteiger partial charge in [0.05, 0.1) is 0 Å². The van der Waals surface area contributed by atoms with Crippen LogP contribution in [0.5, 0.6) is 0 Å². The highest BCUT2D eigenvalue weighted by atomic mass is 32.1. The largest absolute Gasteiger partial charge is 0.339 e. The molecule has 31 heavy (non-hydrogen) atoms. The number of hydrogen-bond acceptors (Lipinski definition) is 3. The van der Waals surface area contributed by atoms with E-state index in [0.717, 1.165) is 16.3 Å². The van der Waals surface area contributed by atoms with Crippen LogP contribution in [0.2, 0.25) is 0 Å². The molecule has 0 bridgehead atoms. The minimum atomic E-state index is -0.333. The average molecular weight is 432 g/mol. The van der Waals surface area contributed by atoms with Crippen LogP contribution in [-0.4, -0.2) is 34.9 Å². The van der Waals surface area contributed by atoms with Crippen LogP contribution < -0.4 is 10.6 Å². The Hall–Kier alpha value is -3.51. The molecule has 3 rings (SSSR count). The fraction of sp³-hybridized carbons (Fsp3) is 0.160. The number of carbonyl (C=O) groups is 2. The Bertz CT molecular complexity index is 1130. The summed E-state index contributed by atoms with van der Waals surface area (Å²) >= 11 is 5.25. The van der Waals surface area contributed by atoms with Crippen molar-refractivity contribution >= 4 is 51.7 Å². The lowest BCUT2D eigenvalue weighted by Gasteiger charge is -2.19. The van der Waals surface area contributed by atoms with Gasteiger partial charge in [0, 0.05) is 30.4 Å². The lowest BCUT2D eigenvalue weighted by atomic mass is 10.0. The van der Waals surface area contributed by atoms with Gasteiger partial charge in [0.15, 0.2) is 5.11 Å². The van der Waals surface area contributed by atoms with Gasteiger partial charge in [0.1, 0.15) is 0 Å². The van der Waals surface area contributed by atoms with Crippen LogP contribution >= 0.6 is 12.2 Å². The topological polar surface area (TPSA) is 61.4 Å². The van der Waals surface area contributed by atoms with E-state index >= 15 is 0 Å². The van der Waals surface area contributed by atoms with Crippen molar-refractivity contribution in [2.75, 3.05) is 18.4 Å².